The Labute approximate surface area is 158 Å². The van der Waals surface area contributed by atoms with E-state index in [1.54, 1.807) is 52.7 Å². The molecule has 2 aromatic heterocycles. The normalized spacial score (nSPS) is 11.8. The van der Waals surface area contributed by atoms with Gasteiger partial charge in [0.15, 0.2) is 5.69 Å². The highest BCUT2D eigenvalue weighted by molar-refractivity contribution is 7.08. The summed E-state index contributed by atoms with van der Waals surface area (Å²) in [6.45, 7) is 1.81. The zero-order chi connectivity index (χ0) is 18.7. The van der Waals surface area contributed by atoms with Gasteiger partial charge in [0, 0.05) is 16.3 Å². The van der Waals surface area contributed by atoms with Gasteiger partial charge in [-0.3, -0.25) is 0 Å². The van der Waals surface area contributed by atoms with Gasteiger partial charge in [0.1, 0.15) is 0 Å². The molecule has 3 rings (SSSR count). The van der Waals surface area contributed by atoms with Crippen molar-refractivity contribution in [3.8, 4) is 5.69 Å². The van der Waals surface area contributed by atoms with E-state index in [4.69, 9.17) is 21.1 Å². The average Bonchev–Trinajstić information content (AvgIpc) is 3.28. The molecule has 0 aliphatic carbocycles. The molecule has 0 fully saturated rings. The first-order valence-electron chi connectivity index (χ1n) is 7.63. The third kappa shape index (κ3) is 3.79. The number of thiophene rings is 1. The van der Waals surface area contributed by atoms with Crippen LogP contribution in [0.25, 0.3) is 5.69 Å². The Hall–Kier alpha value is -2.64. The number of methoxy groups -OCH3 is 1. The van der Waals surface area contributed by atoms with E-state index in [0.29, 0.717) is 10.6 Å². The van der Waals surface area contributed by atoms with Crippen LogP contribution in [0.15, 0.2) is 47.2 Å². The van der Waals surface area contributed by atoms with Gasteiger partial charge in [-0.15, -0.1) is 0 Å². The predicted octanol–water partition coefficient (Wildman–Crippen LogP) is 3.97. The first-order chi connectivity index (χ1) is 12.5. The van der Waals surface area contributed by atoms with Crippen molar-refractivity contribution in [1.82, 2.24) is 9.78 Å². The molecule has 2 heterocycles. The van der Waals surface area contributed by atoms with E-state index in [1.807, 2.05) is 6.07 Å². The molecule has 1 aromatic carbocycles. The lowest BCUT2D eigenvalue weighted by atomic mass is 10.2. The molecular formula is C18H15ClN2O4S. The second-order valence-corrected chi connectivity index (χ2v) is 6.64. The number of carbonyl (C=O) groups excluding carboxylic acids is 2. The molecule has 0 saturated heterocycles. The zero-order valence-corrected chi connectivity index (χ0v) is 15.6. The third-order valence-electron chi connectivity index (χ3n) is 3.64. The SMILES string of the molecule is COC(=O)C(OC(=O)c1cc(C)n(-c2cccc(Cl)c2)n1)c1ccsc1. The van der Waals surface area contributed by atoms with Crippen molar-refractivity contribution in [2.24, 2.45) is 0 Å². The topological polar surface area (TPSA) is 70.4 Å². The molecule has 6 nitrogen and oxygen atoms in total. The van der Waals surface area contributed by atoms with Crippen molar-refractivity contribution < 1.29 is 19.1 Å². The van der Waals surface area contributed by atoms with Gasteiger partial charge in [-0.1, -0.05) is 17.7 Å². The minimum Gasteiger partial charge on any atom is -0.466 e. The summed E-state index contributed by atoms with van der Waals surface area (Å²) in [7, 11) is 1.24. The van der Waals surface area contributed by atoms with E-state index < -0.39 is 18.0 Å². The van der Waals surface area contributed by atoms with Crippen molar-refractivity contribution in [2.45, 2.75) is 13.0 Å². The standard InChI is InChI=1S/C18H15ClN2O4S/c1-11-8-15(20-21(11)14-5-3-4-13(19)9-14)17(22)25-16(18(23)24-2)12-6-7-26-10-12/h3-10,16H,1-2H3. The van der Waals surface area contributed by atoms with Gasteiger partial charge in [0.25, 0.3) is 0 Å². The lowest BCUT2D eigenvalue weighted by Crippen LogP contribution is -2.21. The molecule has 0 aliphatic rings. The Morgan fingerprint density at radius 2 is 2.08 bits per heavy atom. The Kier molecular flexibility index (Phi) is 5.39. The number of aryl methyl sites for hydroxylation is 1. The summed E-state index contributed by atoms with van der Waals surface area (Å²) in [5.74, 6) is -1.36. The quantitative estimate of drug-likeness (QED) is 0.616. The Morgan fingerprint density at radius 3 is 2.73 bits per heavy atom. The smallest absolute Gasteiger partial charge is 0.360 e. The Bertz CT molecular complexity index is 937. The second kappa shape index (κ2) is 7.72. The van der Waals surface area contributed by atoms with E-state index in [1.165, 1.54) is 18.4 Å². The highest BCUT2D eigenvalue weighted by atomic mass is 35.5. The van der Waals surface area contributed by atoms with E-state index in [9.17, 15) is 9.59 Å². The molecule has 3 aromatic rings. The number of hydrogen-bond donors (Lipinski definition) is 0. The molecule has 26 heavy (non-hydrogen) atoms. The fourth-order valence-corrected chi connectivity index (χ4v) is 3.25. The van der Waals surface area contributed by atoms with Gasteiger partial charge in [-0.2, -0.15) is 16.4 Å². The minimum absolute atomic E-state index is 0.0895. The van der Waals surface area contributed by atoms with Crippen LogP contribution in [0.4, 0.5) is 0 Å². The molecule has 0 N–H and O–H groups in total. The maximum absolute atomic E-state index is 12.5. The minimum atomic E-state index is -1.13. The van der Waals surface area contributed by atoms with Crippen LogP contribution in [0.3, 0.4) is 0 Å². The summed E-state index contributed by atoms with van der Waals surface area (Å²) in [4.78, 5) is 24.5. The maximum Gasteiger partial charge on any atom is 0.360 e. The number of hydrogen-bond acceptors (Lipinski definition) is 6. The number of nitrogens with zero attached hydrogens (tertiary/aromatic N) is 2. The van der Waals surface area contributed by atoms with Gasteiger partial charge in [-0.05, 0) is 48.0 Å². The first-order valence-corrected chi connectivity index (χ1v) is 8.95. The maximum atomic E-state index is 12.5. The highest BCUT2D eigenvalue weighted by Crippen LogP contribution is 2.24. The van der Waals surface area contributed by atoms with Gasteiger partial charge < -0.3 is 9.47 Å². The largest absolute Gasteiger partial charge is 0.466 e. The third-order valence-corrected chi connectivity index (χ3v) is 4.57. The molecule has 0 amide bonds. The molecular weight excluding hydrogens is 376 g/mol. The molecule has 1 atom stereocenters. The fraction of sp³-hybridized carbons (Fsp3) is 0.167. The molecule has 0 bridgehead atoms. The average molecular weight is 391 g/mol. The van der Waals surface area contributed by atoms with Gasteiger partial charge in [0.05, 0.1) is 12.8 Å². The van der Waals surface area contributed by atoms with Gasteiger partial charge in [-0.25, -0.2) is 14.3 Å². The summed E-state index contributed by atoms with van der Waals surface area (Å²) in [6, 6.07) is 10.4. The van der Waals surface area contributed by atoms with Crippen LogP contribution in [0, 0.1) is 6.92 Å². The van der Waals surface area contributed by atoms with Crippen LogP contribution in [0.1, 0.15) is 27.8 Å². The predicted molar refractivity (Wildman–Crippen MR) is 97.8 cm³/mol. The molecule has 0 saturated carbocycles. The summed E-state index contributed by atoms with van der Waals surface area (Å²) >= 11 is 7.40. The lowest BCUT2D eigenvalue weighted by Gasteiger charge is -2.13. The molecule has 0 spiro atoms. The second-order valence-electron chi connectivity index (χ2n) is 5.43. The van der Waals surface area contributed by atoms with E-state index >= 15 is 0 Å². The number of halogens is 1. The van der Waals surface area contributed by atoms with Crippen LogP contribution >= 0.6 is 22.9 Å². The van der Waals surface area contributed by atoms with Gasteiger partial charge in [0.2, 0.25) is 6.10 Å². The number of carbonyl (C=O) groups is 2. The monoisotopic (exact) mass is 390 g/mol. The summed E-state index contributed by atoms with van der Waals surface area (Å²) in [6.07, 6.45) is -1.13. The van der Waals surface area contributed by atoms with Gasteiger partial charge >= 0.3 is 11.9 Å². The number of rotatable bonds is 5. The van der Waals surface area contributed by atoms with E-state index in [-0.39, 0.29) is 5.69 Å². The van der Waals surface area contributed by atoms with E-state index in [2.05, 4.69) is 5.10 Å². The van der Waals surface area contributed by atoms with Crippen LogP contribution < -0.4 is 0 Å². The summed E-state index contributed by atoms with van der Waals surface area (Å²) < 4.78 is 11.7. The van der Waals surface area contributed by atoms with Crippen LogP contribution in [-0.2, 0) is 14.3 Å². The summed E-state index contributed by atoms with van der Waals surface area (Å²) in [5, 5.41) is 8.35. The number of benzene rings is 1. The molecule has 134 valence electrons. The molecule has 0 radical (unpaired) electrons. The fourth-order valence-electron chi connectivity index (χ4n) is 2.39. The summed E-state index contributed by atoms with van der Waals surface area (Å²) in [5.41, 5.74) is 2.09. The number of esters is 2. The first kappa shape index (κ1) is 18.2. The molecule has 1 unspecified atom stereocenters. The lowest BCUT2D eigenvalue weighted by molar-refractivity contribution is -0.151. The van der Waals surface area contributed by atoms with Crippen LogP contribution in [0.2, 0.25) is 5.02 Å². The van der Waals surface area contributed by atoms with Crippen molar-refractivity contribution in [2.75, 3.05) is 7.11 Å². The van der Waals surface area contributed by atoms with Crippen molar-refractivity contribution in [1.29, 1.82) is 0 Å². The van der Waals surface area contributed by atoms with Crippen LogP contribution in [-0.4, -0.2) is 28.8 Å². The zero-order valence-electron chi connectivity index (χ0n) is 14.0. The highest BCUT2D eigenvalue weighted by Gasteiger charge is 2.28. The molecule has 0 aliphatic heterocycles. The Morgan fingerprint density at radius 1 is 1.27 bits per heavy atom. The number of aromatic nitrogens is 2. The molecule has 8 heteroatoms. The van der Waals surface area contributed by atoms with Crippen molar-refractivity contribution in [3.05, 3.63) is 69.1 Å². The van der Waals surface area contributed by atoms with Crippen molar-refractivity contribution >= 4 is 34.9 Å². The van der Waals surface area contributed by atoms with Crippen molar-refractivity contribution in [3.63, 3.8) is 0 Å². The Balaban J connectivity index is 1.86. The van der Waals surface area contributed by atoms with E-state index in [0.717, 1.165) is 11.4 Å². The van der Waals surface area contributed by atoms with Crippen LogP contribution in [0.5, 0.6) is 0 Å². The number of ether oxygens (including phenoxy) is 2.